The predicted molar refractivity (Wildman–Crippen MR) is 70.3 cm³/mol. The minimum Gasteiger partial charge on any atom is -0.467 e. The van der Waals surface area contributed by atoms with Crippen molar-refractivity contribution in [1.82, 2.24) is 9.97 Å². The summed E-state index contributed by atoms with van der Waals surface area (Å²) in [5.41, 5.74) is 5.57. The van der Waals surface area contributed by atoms with Gasteiger partial charge in [0.05, 0.1) is 7.11 Å². The van der Waals surface area contributed by atoms with Crippen molar-refractivity contribution in [3.8, 4) is 0 Å². The largest absolute Gasteiger partial charge is 0.467 e. The Hall–Kier alpha value is -1.56. The summed E-state index contributed by atoms with van der Waals surface area (Å²) < 4.78 is 4.74. The summed E-state index contributed by atoms with van der Waals surface area (Å²) >= 11 is 5.96. The molecule has 0 fully saturated rings. The number of rotatable bonds is 5. The number of anilines is 2. The second-order valence-corrected chi connectivity index (χ2v) is 4.65. The van der Waals surface area contributed by atoms with E-state index in [-0.39, 0.29) is 16.8 Å². The molecule has 0 aromatic carbocycles. The van der Waals surface area contributed by atoms with Crippen LogP contribution < -0.4 is 11.1 Å². The number of nitrogens with two attached hydrogens (primary N) is 1. The molecular weight excluding hydrogens is 256 g/mol. The molecule has 6 nitrogen and oxygen atoms in total. The smallest absolute Gasteiger partial charge is 0.328 e. The van der Waals surface area contributed by atoms with E-state index in [1.54, 1.807) is 0 Å². The fraction of sp³-hybridized carbons (Fsp3) is 0.545. The van der Waals surface area contributed by atoms with Crippen molar-refractivity contribution in [3.05, 3.63) is 11.3 Å². The number of carbonyl (C=O) groups is 1. The lowest BCUT2D eigenvalue weighted by atomic mass is 10.0. The van der Waals surface area contributed by atoms with E-state index < -0.39 is 6.04 Å². The number of nitrogens with zero attached hydrogens (tertiary/aromatic N) is 2. The SMILES string of the molecule is COC(=O)C(CC(C)C)Nc1ncnc(N)c1Cl. The number of hydrogen-bond donors (Lipinski definition) is 2. The van der Waals surface area contributed by atoms with Crippen LogP contribution in [0.2, 0.25) is 5.02 Å². The summed E-state index contributed by atoms with van der Waals surface area (Å²) in [5.74, 6) is 0.457. The number of nitrogen functional groups attached to an aromatic ring is 1. The van der Waals surface area contributed by atoms with Gasteiger partial charge in [-0.3, -0.25) is 0 Å². The second-order valence-electron chi connectivity index (χ2n) is 4.27. The van der Waals surface area contributed by atoms with Crippen LogP contribution in [0.15, 0.2) is 6.33 Å². The maximum absolute atomic E-state index is 11.6. The highest BCUT2D eigenvalue weighted by Crippen LogP contribution is 2.24. The van der Waals surface area contributed by atoms with E-state index in [1.165, 1.54) is 13.4 Å². The molecule has 0 aliphatic rings. The molecule has 0 amide bonds. The van der Waals surface area contributed by atoms with Crippen molar-refractivity contribution in [2.75, 3.05) is 18.2 Å². The zero-order valence-electron chi connectivity index (χ0n) is 10.6. The van der Waals surface area contributed by atoms with E-state index in [9.17, 15) is 4.79 Å². The van der Waals surface area contributed by atoms with Gasteiger partial charge >= 0.3 is 5.97 Å². The van der Waals surface area contributed by atoms with Crippen LogP contribution in [0.4, 0.5) is 11.6 Å². The van der Waals surface area contributed by atoms with Crippen LogP contribution in [0, 0.1) is 5.92 Å². The number of halogens is 1. The summed E-state index contributed by atoms with van der Waals surface area (Å²) in [6.07, 6.45) is 1.89. The van der Waals surface area contributed by atoms with E-state index in [4.69, 9.17) is 22.1 Å². The third-order valence-corrected chi connectivity index (χ3v) is 2.69. The van der Waals surface area contributed by atoms with Gasteiger partial charge in [-0.1, -0.05) is 25.4 Å². The molecule has 1 heterocycles. The van der Waals surface area contributed by atoms with Gasteiger partial charge in [0, 0.05) is 0 Å². The van der Waals surface area contributed by atoms with Crippen molar-refractivity contribution < 1.29 is 9.53 Å². The maximum atomic E-state index is 11.6. The topological polar surface area (TPSA) is 90.1 Å². The first-order valence-corrected chi connectivity index (χ1v) is 5.93. The highest BCUT2D eigenvalue weighted by atomic mass is 35.5. The molecule has 0 radical (unpaired) electrons. The molecule has 0 bridgehead atoms. The monoisotopic (exact) mass is 272 g/mol. The molecular formula is C11H17ClN4O2. The molecule has 0 saturated carbocycles. The highest BCUT2D eigenvalue weighted by molar-refractivity contribution is 6.35. The number of carbonyl (C=O) groups excluding carboxylic acids is 1. The number of methoxy groups -OCH3 is 1. The van der Waals surface area contributed by atoms with Crippen LogP contribution in [0.5, 0.6) is 0 Å². The van der Waals surface area contributed by atoms with Gasteiger partial charge in [0.15, 0.2) is 5.82 Å². The highest BCUT2D eigenvalue weighted by Gasteiger charge is 2.22. The average molecular weight is 273 g/mol. The molecule has 1 aromatic heterocycles. The van der Waals surface area contributed by atoms with E-state index >= 15 is 0 Å². The van der Waals surface area contributed by atoms with Gasteiger partial charge in [0.1, 0.15) is 23.2 Å². The van der Waals surface area contributed by atoms with E-state index in [0.29, 0.717) is 18.2 Å². The Kier molecular flexibility index (Phi) is 5.15. The van der Waals surface area contributed by atoms with Crippen LogP contribution >= 0.6 is 11.6 Å². The third kappa shape index (κ3) is 3.73. The zero-order chi connectivity index (χ0) is 13.7. The van der Waals surface area contributed by atoms with Crippen LogP contribution in [0.25, 0.3) is 0 Å². The van der Waals surface area contributed by atoms with E-state index in [0.717, 1.165) is 0 Å². The second kappa shape index (κ2) is 6.39. The van der Waals surface area contributed by atoms with E-state index in [2.05, 4.69) is 15.3 Å². The predicted octanol–water partition coefficient (Wildman–Crippen LogP) is 1.71. The number of ether oxygens (including phenoxy) is 1. The first-order valence-electron chi connectivity index (χ1n) is 5.56. The average Bonchev–Trinajstić information content (AvgIpc) is 2.32. The zero-order valence-corrected chi connectivity index (χ0v) is 11.4. The molecule has 0 aliphatic carbocycles. The van der Waals surface area contributed by atoms with Gasteiger partial charge in [-0.15, -0.1) is 0 Å². The van der Waals surface area contributed by atoms with Crippen LogP contribution in [-0.2, 0) is 9.53 Å². The summed E-state index contributed by atoms with van der Waals surface area (Å²) in [6, 6.07) is -0.512. The fourth-order valence-electron chi connectivity index (χ4n) is 1.48. The standard InChI is InChI=1S/C11H17ClN4O2/c1-6(2)4-7(11(17)18-3)16-10-8(12)9(13)14-5-15-10/h5-7H,4H2,1-3H3,(H3,13,14,15,16). The summed E-state index contributed by atoms with van der Waals surface area (Å²) in [4.78, 5) is 19.4. The molecule has 0 spiro atoms. The molecule has 1 aromatic rings. The van der Waals surface area contributed by atoms with Gasteiger partial charge in [0.25, 0.3) is 0 Å². The molecule has 0 aliphatic heterocycles. The first-order chi connectivity index (χ1) is 8.45. The lowest BCUT2D eigenvalue weighted by Crippen LogP contribution is -2.32. The summed E-state index contributed by atoms with van der Waals surface area (Å²) in [7, 11) is 1.34. The Labute approximate surface area is 111 Å². The number of aromatic nitrogens is 2. The number of hydrogen-bond acceptors (Lipinski definition) is 6. The normalized spacial score (nSPS) is 12.3. The minimum absolute atomic E-state index is 0.169. The van der Waals surface area contributed by atoms with Gasteiger partial charge in [-0.25, -0.2) is 14.8 Å². The summed E-state index contributed by atoms with van der Waals surface area (Å²) in [6.45, 7) is 4.02. The Morgan fingerprint density at radius 2 is 2.22 bits per heavy atom. The van der Waals surface area contributed by atoms with Crippen LogP contribution in [0.1, 0.15) is 20.3 Å². The molecule has 0 saturated heterocycles. The lowest BCUT2D eigenvalue weighted by Gasteiger charge is -2.19. The third-order valence-electron chi connectivity index (χ3n) is 2.32. The molecule has 7 heteroatoms. The fourth-order valence-corrected chi connectivity index (χ4v) is 1.63. The van der Waals surface area contributed by atoms with Gasteiger partial charge in [-0.2, -0.15) is 0 Å². The molecule has 1 unspecified atom stereocenters. The van der Waals surface area contributed by atoms with Gasteiger partial charge < -0.3 is 15.8 Å². The van der Waals surface area contributed by atoms with Gasteiger partial charge in [0.2, 0.25) is 0 Å². The van der Waals surface area contributed by atoms with Crippen molar-refractivity contribution in [3.63, 3.8) is 0 Å². The van der Waals surface area contributed by atoms with E-state index in [1.807, 2.05) is 13.8 Å². The van der Waals surface area contributed by atoms with Crippen LogP contribution in [0.3, 0.4) is 0 Å². The Morgan fingerprint density at radius 1 is 1.56 bits per heavy atom. The maximum Gasteiger partial charge on any atom is 0.328 e. The molecule has 18 heavy (non-hydrogen) atoms. The van der Waals surface area contributed by atoms with Gasteiger partial charge in [-0.05, 0) is 12.3 Å². The van der Waals surface area contributed by atoms with Crippen molar-refractivity contribution in [2.45, 2.75) is 26.3 Å². The number of esters is 1. The van der Waals surface area contributed by atoms with Crippen molar-refractivity contribution in [2.24, 2.45) is 5.92 Å². The molecule has 1 atom stereocenters. The molecule has 3 N–H and O–H groups in total. The summed E-state index contributed by atoms with van der Waals surface area (Å²) in [5, 5.41) is 3.14. The quantitative estimate of drug-likeness (QED) is 0.793. The Balaban J connectivity index is 2.88. The first kappa shape index (κ1) is 14.5. The molecule has 1 rings (SSSR count). The van der Waals surface area contributed by atoms with Crippen molar-refractivity contribution >= 4 is 29.2 Å². The van der Waals surface area contributed by atoms with Crippen LogP contribution in [-0.4, -0.2) is 29.1 Å². The molecule has 100 valence electrons. The number of nitrogens with one attached hydrogen (secondary N) is 1. The Morgan fingerprint density at radius 3 is 2.78 bits per heavy atom. The lowest BCUT2D eigenvalue weighted by molar-refractivity contribution is -0.141. The minimum atomic E-state index is -0.512. The van der Waals surface area contributed by atoms with Crippen molar-refractivity contribution in [1.29, 1.82) is 0 Å². The Bertz CT molecular complexity index is 426.